The lowest BCUT2D eigenvalue weighted by molar-refractivity contribution is 0.288. The Hall–Kier alpha value is -0.700. The molecule has 0 aromatic heterocycles. The van der Waals surface area contributed by atoms with E-state index >= 15 is 0 Å². The maximum absolute atomic E-state index is 5.73. The van der Waals surface area contributed by atoms with Gasteiger partial charge in [-0.1, -0.05) is 19.9 Å². The molecule has 14 heavy (non-hydrogen) atoms. The molecule has 2 nitrogen and oxygen atoms in total. The van der Waals surface area contributed by atoms with Gasteiger partial charge in [0.25, 0.3) is 0 Å². The van der Waals surface area contributed by atoms with E-state index < -0.39 is 0 Å². The minimum Gasteiger partial charge on any atom is -0.492 e. The monoisotopic (exact) mass is 257 g/mol. The van der Waals surface area contributed by atoms with E-state index in [2.05, 4.69) is 29.8 Å². The number of halogens is 1. The second-order valence-corrected chi connectivity index (χ2v) is 4.48. The van der Waals surface area contributed by atoms with Crippen molar-refractivity contribution in [2.24, 2.45) is 5.92 Å². The molecule has 3 heteroatoms. The van der Waals surface area contributed by atoms with Crippen LogP contribution in [-0.2, 0) is 0 Å². The highest BCUT2D eigenvalue weighted by Gasteiger charge is 2.03. The average Bonchev–Trinajstić information content (AvgIpc) is 2.12. The van der Waals surface area contributed by atoms with Gasteiger partial charge >= 0.3 is 0 Å². The number of benzene rings is 1. The first-order valence-corrected chi connectivity index (χ1v) is 5.57. The molecule has 1 aromatic rings. The number of rotatable bonds is 4. The molecule has 0 bridgehead atoms. The fourth-order valence-electron chi connectivity index (χ4n) is 1.04. The van der Waals surface area contributed by atoms with E-state index in [0.717, 1.165) is 23.2 Å². The van der Waals surface area contributed by atoms with Gasteiger partial charge in [-0.05, 0) is 40.4 Å². The molecule has 0 aliphatic heterocycles. The molecule has 78 valence electrons. The van der Waals surface area contributed by atoms with Gasteiger partial charge < -0.3 is 10.5 Å². The van der Waals surface area contributed by atoms with Gasteiger partial charge in [-0.3, -0.25) is 0 Å². The van der Waals surface area contributed by atoms with Crippen molar-refractivity contribution < 1.29 is 4.74 Å². The van der Waals surface area contributed by atoms with Gasteiger partial charge in [0.05, 0.1) is 11.1 Å². The summed E-state index contributed by atoms with van der Waals surface area (Å²) in [5, 5.41) is 0. The summed E-state index contributed by atoms with van der Waals surface area (Å²) in [6.45, 7) is 5.09. The molecule has 1 aromatic carbocycles. The lowest BCUT2D eigenvalue weighted by Gasteiger charge is -2.10. The molecule has 0 aliphatic rings. The van der Waals surface area contributed by atoms with Crippen molar-refractivity contribution in [2.45, 2.75) is 20.3 Å². The maximum atomic E-state index is 5.73. The third-order valence-electron chi connectivity index (χ3n) is 1.95. The molecule has 0 saturated heterocycles. The zero-order valence-electron chi connectivity index (χ0n) is 8.59. The second kappa shape index (κ2) is 5.25. The van der Waals surface area contributed by atoms with Crippen molar-refractivity contribution in [3.63, 3.8) is 0 Å². The molecule has 0 heterocycles. The van der Waals surface area contributed by atoms with Crippen LogP contribution in [0.25, 0.3) is 0 Å². The van der Waals surface area contributed by atoms with E-state index in [1.54, 1.807) is 0 Å². The molecule has 0 radical (unpaired) electrons. The van der Waals surface area contributed by atoms with Crippen LogP contribution >= 0.6 is 15.9 Å². The van der Waals surface area contributed by atoms with Crippen molar-refractivity contribution in [2.75, 3.05) is 12.3 Å². The van der Waals surface area contributed by atoms with Gasteiger partial charge in [0.15, 0.2) is 0 Å². The second-order valence-electron chi connectivity index (χ2n) is 3.69. The van der Waals surface area contributed by atoms with Crippen LogP contribution in [0.3, 0.4) is 0 Å². The Labute approximate surface area is 93.6 Å². The first kappa shape index (κ1) is 11.4. The molecule has 0 fully saturated rings. The molecule has 0 spiro atoms. The minimum atomic E-state index is 0.662. The number of nitrogens with two attached hydrogens (primary N) is 1. The Bertz CT molecular complexity index is 299. The lowest BCUT2D eigenvalue weighted by Crippen LogP contribution is -2.02. The fourth-order valence-corrected chi connectivity index (χ4v) is 1.42. The summed E-state index contributed by atoms with van der Waals surface area (Å²) in [7, 11) is 0. The molecular formula is C11H16BrNO. The van der Waals surface area contributed by atoms with Gasteiger partial charge in [0.2, 0.25) is 0 Å². The van der Waals surface area contributed by atoms with Crippen LogP contribution in [0, 0.1) is 5.92 Å². The Morgan fingerprint density at radius 1 is 1.43 bits per heavy atom. The lowest BCUT2D eigenvalue weighted by atomic mass is 10.1. The van der Waals surface area contributed by atoms with Crippen molar-refractivity contribution in [3.8, 4) is 5.75 Å². The van der Waals surface area contributed by atoms with Crippen LogP contribution in [0.2, 0.25) is 0 Å². The number of hydrogen-bond donors (Lipinski definition) is 1. The smallest absolute Gasteiger partial charge is 0.135 e. The van der Waals surface area contributed by atoms with Gasteiger partial charge in [-0.2, -0.15) is 0 Å². The Morgan fingerprint density at radius 2 is 2.14 bits per heavy atom. The Morgan fingerprint density at radius 3 is 2.79 bits per heavy atom. The van der Waals surface area contributed by atoms with Crippen LogP contribution in [0.15, 0.2) is 22.7 Å². The predicted molar refractivity (Wildman–Crippen MR) is 63.5 cm³/mol. The maximum Gasteiger partial charge on any atom is 0.135 e. The summed E-state index contributed by atoms with van der Waals surface area (Å²) in [5.74, 6) is 1.49. The van der Waals surface area contributed by atoms with E-state index in [4.69, 9.17) is 10.5 Å². The number of hydrogen-bond acceptors (Lipinski definition) is 2. The van der Waals surface area contributed by atoms with Crippen LogP contribution in [0.4, 0.5) is 5.69 Å². The average molecular weight is 258 g/mol. The molecule has 2 N–H and O–H groups in total. The summed E-state index contributed by atoms with van der Waals surface area (Å²) in [5.41, 5.74) is 6.44. The van der Waals surface area contributed by atoms with Gasteiger partial charge in [-0.25, -0.2) is 0 Å². The Kier molecular flexibility index (Phi) is 4.26. The topological polar surface area (TPSA) is 35.2 Å². The third kappa shape index (κ3) is 3.22. The first-order valence-electron chi connectivity index (χ1n) is 4.78. The van der Waals surface area contributed by atoms with E-state index in [-0.39, 0.29) is 0 Å². The minimum absolute atomic E-state index is 0.662. The molecule has 0 unspecified atom stereocenters. The molecule has 0 atom stereocenters. The van der Waals surface area contributed by atoms with E-state index in [9.17, 15) is 0 Å². The van der Waals surface area contributed by atoms with Gasteiger partial charge in [-0.15, -0.1) is 0 Å². The van der Waals surface area contributed by atoms with Crippen molar-refractivity contribution in [3.05, 3.63) is 22.7 Å². The van der Waals surface area contributed by atoms with Crippen molar-refractivity contribution in [1.82, 2.24) is 0 Å². The third-order valence-corrected chi connectivity index (χ3v) is 2.79. The quantitative estimate of drug-likeness (QED) is 0.839. The predicted octanol–water partition coefficient (Wildman–Crippen LogP) is 3.46. The molecule has 0 saturated carbocycles. The largest absolute Gasteiger partial charge is 0.492 e. The fraction of sp³-hybridized carbons (Fsp3) is 0.455. The van der Waals surface area contributed by atoms with Gasteiger partial charge in [0.1, 0.15) is 5.75 Å². The zero-order chi connectivity index (χ0) is 10.6. The molecule has 0 aliphatic carbocycles. The van der Waals surface area contributed by atoms with E-state index in [1.807, 2.05) is 18.2 Å². The molecular weight excluding hydrogens is 242 g/mol. The van der Waals surface area contributed by atoms with Crippen LogP contribution in [-0.4, -0.2) is 6.61 Å². The summed E-state index contributed by atoms with van der Waals surface area (Å²) in [6.07, 6.45) is 1.06. The Balaban J connectivity index is 2.54. The first-order chi connectivity index (χ1) is 6.61. The van der Waals surface area contributed by atoms with Gasteiger partial charge in [0, 0.05) is 5.69 Å². The van der Waals surface area contributed by atoms with Crippen LogP contribution in [0.1, 0.15) is 20.3 Å². The zero-order valence-corrected chi connectivity index (χ0v) is 10.2. The highest BCUT2D eigenvalue weighted by Crippen LogP contribution is 2.30. The number of anilines is 1. The number of nitrogen functional groups attached to an aromatic ring is 1. The summed E-state index contributed by atoms with van der Waals surface area (Å²) in [4.78, 5) is 0. The normalized spacial score (nSPS) is 10.6. The number of ether oxygens (including phenoxy) is 1. The van der Waals surface area contributed by atoms with Crippen molar-refractivity contribution >= 4 is 21.6 Å². The SMILES string of the molecule is CC(C)CCOc1cccc(N)c1Br. The highest BCUT2D eigenvalue weighted by molar-refractivity contribution is 9.10. The van der Waals surface area contributed by atoms with E-state index in [1.165, 1.54) is 0 Å². The van der Waals surface area contributed by atoms with Crippen molar-refractivity contribution in [1.29, 1.82) is 0 Å². The molecule has 1 rings (SSSR count). The van der Waals surface area contributed by atoms with Crippen LogP contribution in [0.5, 0.6) is 5.75 Å². The standard InChI is InChI=1S/C11H16BrNO/c1-8(2)6-7-14-10-5-3-4-9(13)11(10)12/h3-5,8H,6-7,13H2,1-2H3. The summed E-state index contributed by atoms with van der Waals surface area (Å²) >= 11 is 3.40. The molecule has 0 amide bonds. The van der Waals surface area contributed by atoms with E-state index in [0.29, 0.717) is 11.6 Å². The summed E-state index contributed by atoms with van der Waals surface area (Å²) in [6, 6.07) is 5.66. The van der Waals surface area contributed by atoms with Crippen LogP contribution < -0.4 is 10.5 Å². The summed E-state index contributed by atoms with van der Waals surface area (Å²) < 4.78 is 6.45. The highest BCUT2D eigenvalue weighted by atomic mass is 79.9.